The van der Waals surface area contributed by atoms with Crippen LogP contribution in [0.25, 0.3) is 113 Å². The highest BCUT2D eigenvalue weighted by Crippen LogP contribution is 2.60. The maximum atomic E-state index is 5.37. The molecule has 17 aromatic rings. The molecule has 2 unspecified atom stereocenters. The Morgan fingerprint density at radius 3 is 0.755 bits per heavy atom. The Hall–Kier alpha value is -13.7. The minimum Gasteiger partial charge on any atom is -0.208 e. The quantitative estimate of drug-likeness (QED) is 0.121. The van der Waals surface area contributed by atoms with E-state index < -0.39 is 10.8 Å². The molecule has 0 N–H and O–H groups in total. The molecular formula is C100H64N6. The summed E-state index contributed by atoms with van der Waals surface area (Å²) in [6.07, 6.45) is 0. The van der Waals surface area contributed by atoms with Crippen LogP contribution in [0.4, 0.5) is 0 Å². The second-order valence-electron chi connectivity index (χ2n) is 28.3. The van der Waals surface area contributed by atoms with Gasteiger partial charge in [-0.1, -0.05) is 352 Å². The lowest BCUT2D eigenvalue weighted by Crippen LogP contribution is -2.28. The average molecular weight is 1350 g/mol. The van der Waals surface area contributed by atoms with Gasteiger partial charge in [0.15, 0.2) is 34.9 Å². The van der Waals surface area contributed by atoms with Gasteiger partial charge in [0.1, 0.15) is 0 Å². The minimum absolute atomic E-state index is 0.0357. The van der Waals surface area contributed by atoms with Gasteiger partial charge in [0.2, 0.25) is 0 Å². The summed E-state index contributed by atoms with van der Waals surface area (Å²) in [5.74, 6) is 3.64. The zero-order chi connectivity index (χ0) is 69.9. The molecule has 2 atom stereocenters. The van der Waals surface area contributed by atoms with Crippen molar-refractivity contribution in [3.8, 4) is 113 Å². The van der Waals surface area contributed by atoms with Gasteiger partial charge in [-0.3, -0.25) is 0 Å². The van der Waals surface area contributed by atoms with Crippen LogP contribution in [0, 0.1) is 0 Å². The summed E-state index contributed by atoms with van der Waals surface area (Å²) in [6.45, 7) is 0. The Bertz CT molecular complexity index is 5840. The van der Waals surface area contributed by atoms with Crippen LogP contribution in [0.1, 0.15) is 89.7 Å². The van der Waals surface area contributed by atoms with Crippen LogP contribution in [0.2, 0.25) is 0 Å². The van der Waals surface area contributed by atoms with E-state index in [1.165, 1.54) is 100 Å². The van der Waals surface area contributed by atoms with Crippen molar-refractivity contribution in [3.05, 3.63) is 454 Å². The number of fused-ring (bicyclic) bond motifs is 6. The first kappa shape index (κ1) is 61.0. The van der Waals surface area contributed by atoms with E-state index in [9.17, 15) is 0 Å². The highest BCUT2D eigenvalue weighted by molar-refractivity contribution is 5.91. The molecular weight excluding hydrogens is 1290 g/mol. The van der Waals surface area contributed by atoms with E-state index in [4.69, 9.17) is 29.9 Å². The summed E-state index contributed by atoms with van der Waals surface area (Å²) >= 11 is 0. The van der Waals surface area contributed by atoms with Crippen LogP contribution in [0.3, 0.4) is 0 Å². The molecule has 6 nitrogen and oxygen atoms in total. The number of aromatic nitrogens is 6. The van der Waals surface area contributed by atoms with Gasteiger partial charge in [-0.15, -0.1) is 0 Å². The third-order valence-electron chi connectivity index (χ3n) is 22.8. The monoisotopic (exact) mass is 1350 g/mol. The molecule has 0 radical (unpaired) electrons. The van der Waals surface area contributed by atoms with Crippen molar-refractivity contribution in [1.29, 1.82) is 0 Å². The Labute approximate surface area is 615 Å². The molecule has 0 aliphatic heterocycles. The molecule has 0 spiro atoms. The lowest BCUT2D eigenvalue weighted by molar-refractivity contribution is 0.754. The predicted molar refractivity (Wildman–Crippen MR) is 426 cm³/mol. The molecule has 15 aromatic carbocycles. The first-order chi connectivity index (χ1) is 52.5. The fraction of sp³-hybridized carbons (Fsp3) is 0.0400. The molecule has 494 valence electrons. The van der Waals surface area contributed by atoms with Crippen molar-refractivity contribution in [3.63, 3.8) is 0 Å². The number of hydrogen-bond donors (Lipinski definition) is 0. The van der Waals surface area contributed by atoms with Crippen molar-refractivity contribution in [1.82, 2.24) is 29.9 Å². The van der Waals surface area contributed by atoms with E-state index in [1.54, 1.807) is 0 Å². The lowest BCUT2D eigenvalue weighted by atomic mass is 9.61. The van der Waals surface area contributed by atoms with E-state index in [2.05, 4.69) is 340 Å². The Morgan fingerprint density at radius 2 is 0.406 bits per heavy atom. The Morgan fingerprint density at radius 1 is 0.160 bits per heavy atom. The standard InChI is InChI=1S/C100H64N6/c1-7-25-65(26-8-1)93-101-95(67-47-43-63(44-48-67)69-53-57-89-83(59-69)77-37-21-23-41-87(77)99(89,73-29-11-3-12-30-73)74-31-13-4-14-32-74)105-97(103-93)71-51-55-81-85(61-71)91-79-39-19-20-40-80(79)92(81)86-62-72(52-56-82(86)91)98-104-94(66-27-9-2-10-28-66)102-96(106-98)68-49-45-64(46-50-68)70-54-58-90-84(60-70)78-38-22-24-42-88(78)100(90,75-33-15-5-16-34-75)76-35-17-6-18-36-76/h1-62,91-92H. The van der Waals surface area contributed by atoms with Crippen molar-refractivity contribution in [2.24, 2.45) is 0 Å². The molecule has 22 rings (SSSR count). The fourth-order valence-electron chi connectivity index (χ4n) is 18.1. The molecule has 2 heterocycles. The smallest absolute Gasteiger partial charge is 0.164 e. The van der Waals surface area contributed by atoms with Crippen LogP contribution in [0.5, 0.6) is 0 Å². The van der Waals surface area contributed by atoms with Gasteiger partial charge in [0.25, 0.3) is 0 Å². The normalized spacial score (nSPS) is 14.8. The summed E-state index contributed by atoms with van der Waals surface area (Å²) in [7, 11) is 0. The van der Waals surface area contributed by atoms with Gasteiger partial charge in [-0.25, -0.2) is 29.9 Å². The summed E-state index contributed by atoms with van der Waals surface area (Å²) < 4.78 is 0. The van der Waals surface area contributed by atoms with Gasteiger partial charge < -0.3 is 0 Å². The Balaban J connectivity index is 0.615. The first-order valence-corrected chi connectivity index (χ1v) is 36.5. The fourth-order valence-corrected chi connectivity index (χ4v) is 18.1. The van der Waals surface area contributed by atoms with Gasteiger partial charge in [0, 0.05) is 45.2 Å². The van der Waals surface area contributed by atoms with Crippen molar-refractivity contribution in [2.75, 3.05) is 0 Å². The first-order valence-electron chi connectivity index (χ1n) is 36.5. The second-order valence-corrected chi connectivity index (χ2v) is 28.3. The molecule has 5 aliphatic rings. The molecule has 2 bridgehead atoms. The van der Waals surface area contributed by atoms with E-state index in [1.807, 2.05) is 36.4 Å². The molecule has 0 fully saturated rings. The van der Waals surface area contributed by atoms with Crippen LogP contribution < -0.4 is 0 Å². The highest BCUT2D eigenvalue weighted by atomic mass is 15.0. The lowest BCUT2D eigenvalue weighted by Gasteiger charge is -2.42. The summed E-state index contributed by atoms with van der Waals surface area (Å²) in [6, 6.07) is 136. The number of nitrogens with zero attached hydrogens (tertiary/aromatic N) is 6. The SMILES string of the molecule is c1ccc(-c2nc(-c3ccc(-c4ccc5c(c4)-c4ccccc4C5(c4ccccc4)c4ccccc4)cc3)nc(-c3ccc4c(c3)C3c5ccccc5C4c4cc(-c5nc(-c6ccccc6)nc(-c6ccc(-c7ccc8c(c7)-c7ccccc7C8(c7ccccc7)c7ccccc7)cc6)n5)ccc43)n2)cc1. The maximum absolute atomic E-state index is 5.37. The summed E-state index contributed by atoms with van der Waals surface area (Å²) in [5.41, 5.74) is 32.0. The molecule has 0 saturated heterocycles. The largest absolute Gasteiger partial charge is 0.208 e. The topological polar surface area (TPSA) is 77.3 Å². The molecule has 5 aliphatic carbocycles. The average Bonchev–Trinajstić information content (AvgIpc) is 1.49. The predicted octanol–water partition coefficient (Wildman–Crippen LogP) is 23.1. The molecule has 0 saturated carbocycles. The highest BCUT2D eigenvalue weighted by Gasteiger charge is 2.48. The third-order valence-corrected chi connectivity index (χ3v) is 22.8. The Kier molecular flexibility index (Phi) is 14.1. The molecule has 0 amide bonds. The summed E-state index contributed by atoms with van der Waals surface area (Å²) in [4.78, 5) is 31.8. The van der Waals surface area contributed by atoms with Crippen LogP contribution >= 0.6 is 0 Å². The van der Waals surface area contributed by atoms with Crippen molar-refractivity contribution < 1.29 is 0 Å². The summed E-state index contributed by atoms with van der Waals surface area (Å²) in [5, 5.41) is 0. The number of rotatable bonds is 12. The van der Waals surface area contributed by atoms with Gasteiger partial charge in [-0.2, -0.15) is 0 Å². The van der Waals surface area contributed by atoms with Crippen LogP contribution in [-0.4, -0.2) is 29.9 Å². The van der Waals surface area contributed by atoms with E-state index in [-0.39, 0.29) is 11.8 Å². The maximum Gasteiger partial charge on any atom is 0.164 e. The zero-order valence-corrected chi connectivity index (χ0v) is 57.6. The van der Waals surface area contributed by atoms with Crippen LogP contribution in [-0.2, 0) is 10.8 Å². The van der Waals surface area contributed by atoms with Gasteiger partial charge in [-0.05, 0) is 147 Å². The van der Waals surface area contributed by atoms with E-state index in [0.29, 0.717) is 34.9 Å². The second kappa shape index (κ2) is 24.5. The van der Waals surface area contributed by atoms with Crippen LogP contribution in [0.15, 0.2) is 376 Å². The van der Waals surface area contributed by atoms with Crippen molar-refractivity contribution >= 4 is 0 Å². The van der Waals surface area contributed by atoms with Gasteiger partial charge in [0.05, 0.1) is 10.8 Å². The van der Waals surface area contributed by atoms with E-state index in [0.717, 1.165) is 55.6 Å². The molecule has 2 aromatic heterocycles. The number of benzene rings is 15. The minimum atomic E-state index is -0.459. The van der Waals surface area contributed by atoms with Gasteiger partial charge >= 0.3 is 0 Å². The third kappa shape index (κ3) is 9.51. The number of hydrogen-bond acceptors (Lipinski definition) is 6. The van der Waals surface area contributed by atoms with Crippen molar-refractivity contribution in [2.45, 2.75) is 22.7 Å². The molecule has 106 heavy (non-hydrogen) atoms. The zero-order valence-electron chi connectivity index (χ0n) is 57.6. The van der Waals surface area contributed by atoms with E-state index >= 15 is 0 Å². The molecule has 6 heteroatoms.